The maximum atomic E-state index is 11.9. The molecule has 1 amide bonds. The van der Waals surface area contributed by atoms with Crippen LogP contribution in [0.4, 0.5) is 0 Å². The van der Waals surface area contributed by atoms with Crippen molar-refractivity contribution >= 4 is 11.9 Å². The first-order valence-corrected chi connectivity index (χ1v) is 6.61. The Kier molecular flexibility index (Phi) is 3.93. The van der Waals surface area contributed by atoms with Gasteiger partial charge >= 0.3 is 5.97 Å². The maximum Gasteiger partial charge on any atom is 0.372 e. The van der Waals surface area contributed by atoms with E-state index < -0.39 is 5.97 Å². The summed E-state index contributed by atoms with van der Waals surface area (Å²) < 4.78 is 5.29. The number of carbonyl (C=O) groups excluding carboxylic acids is 1. The van der Waals surface area contributed by atoms with Crippen molar-refractivity contribution in [3.05, 3.63) is 23.2 Å². The molecule has 0 aromatic carbocycles. The zero-order valence-corrected chi connectivity index (χ0v) is 11.3. The molecule has 1 aromatic rings. The first kappa shape index (κ1) is 13.6. The number of carbonyl (C=O) groups is 2. The number of likely N-dealkylation sites (tertiary alicyclic amines) is 1. The molecule has 1 saturated heterocycles. The summed E-state index contributed by atoms with van der Waals surface area (Å²) in [6.07, 6.45) is 2.73. The summed E-state index contributed by atoms with van der Waals surface area (Å²) in [5.41, 5.74) is 0.597. The number of hydrogen-bond acceptors (Lipinski definition) is 3. The monoisotopic (exact) mass is 265 g/mol. The fourth-order valence-corrected chi connectivity index (χ4v) is 2.63. The molecule has 5 nitrogen and oxygen atoms in total. The van der Waals surface area contributed by atoms with Crippen molar-refractivity contribution in [3.8, 4) is 0 Å². The molecule has 1 unspecified atom stereocenters. The number of hydrogen-bond donors (Lipinski definition) is 1. The average molecular weight is 265 g/mol. The number of carboxylic acid groups (broad SMARTS) is 1. The lowest BCUT2D eigenvalue weighted by molar-refractivity contribution is -0.128. The summed E-state index contributed by atoms with van der Waals surface area (Å²) in [5.74, 6) is -0.00982. The molecule has 104 valence electrons. The minimum absolute atomic E-state index is 0.0354. The summed E-state index contributed by atoms with van der Waals surface area (Å²) in [4.78, 5) is 24.5. The Hall–Kier alpha value is -1.78. The van der Waals surface area contributed by atoms with Crippen LogP contribution in [-0.2, 0) is 11.3 Å². The van der Waals surface area contributed by atoms with Crippen molar-refractivity contribution < 1.29 is 19.1 Å². The zero-order chi connectivity index (χ0) is 14.0. The van der Waals surface area contributed by atoms with E-state index in [-0.39, 0.29) is 11.7 Å². The van der Waals surface area contributed by atoms with E-state index in [1.807, 2.05) is 0 Å². The van der Waals surface area contributed by atoms with E-state index in [4.69, 9.17) is 9.52 Å². The smallest absolute Gasteiger partial charge is 0.372 e. The second kappa shape index (κ2) is 5.47. The second-order valence-corrected chi connectivity index (χ2v) is 5.16. The highest BCUT2D eigenvalue weighted by Gasteiger charge is 2.29. The van der Waals surface area contributed by atoms with Gasteiger partial charge in [0.15, 0.2) is 0 Å². The second-order valence-electron chi connectivity index (χ2n) is 5.16. The molecule has 1 aliphatic heterocycles. The normalized spacial score (nSPS) is 19.2. The molecule has 0 radical (unpaired) electrons. The van der Waals surface area contributed by atoms with Crippen LogP contribution in [0.3, 0.4) is 0 Å². The fourth-order valence-electron chi connectivity index (χ4n) is 2.63. The Labute approximate surface area is 112 Å². The summed E-state index contributed by atoms with van der Waals surface area (Å²) >= 11 is 0. The van der Waals surface area contributed by atoms with Crippen LogP contribution in [0.25, 0.3) is 0 Å². The Balaban J connectivity index is 2.03. The van der Waals surface area contributed by atoms with Gasteiger partial charge in [-0.05, 0) is 25.3 Å². The Bertz CT molecular complexity index is 492. The predicted octanol–water partition coefficient (Wildman–Crippen LogP) is 2.43. The molecular formula is C14H19NO4. The van der Waals surface area contributed by atoms with Gasteiger partial charge in [-0.1, -0.05) is 13.3 Å². The van der Waals surface area contributed by atoms with Gasteiger partial charge in [-0.15, -0.1) is 0 Å². The molecule has 0 bridgehead atoms. The van der Waals surface area contributed by atoms with Gasteiger partial charge in [-0.25, -0.2) is 4.79 Å². The Morgan fingerprint density at radius 3 is 2.89 bits per heavy atom. The number of aromatic carboxylic acids is 1. The minimum Gasteiger partial charge on any atom is -0.475 e. The minimum atomic E-state index is -1.07. The van der Waals surface area contributed by atoms with Gasteiger partial charge in [0.2, 0.25) is 11.7 Å². The van der Waals surface area contributed by atoms with Gasteiger partial charge < -0.3 is 14.4 Å². The Morgan fingerprint density at radius 2 is 2.32 bits per heavy atom. The molecule has 0 saturated carbocycles. The molecule has 1 N–H and O–H groups in total. The molecule has 0 aliphatic carbocycles. The molecule has 19 heavy (non-hydrogen) atoms. The molecule has 0 spiro atoms. The standard InChI is InChI=1S/C14H19NO4/c1-3-4-10-6-12(16)15(7-10)8-11-5-9(2)13(19-11)14(17)18/h5,10H,3-4,6-8H2,1-2H3,(H,17,18). The van der Waals surface area contributed by atoms with Gasteiger partial charge in [0.1, 0.15) is 5.76 Å². The van der Waals surface area contributed by atoms with Gasteiger partial charge in [0.25, 0.3) is 0 Å². The summed E-state index contributed by atoms with van der Waals surface area (Å²) in [7, 11) is 0. The fraction of sp³-hybridized carbons (Fsp3) is 0.571. The molecule has 1 aliphatic rings. The zero-order valence-electron chi connectivity index (χ0n) is 11.3. The number of aryl methyl sites for hydroxylation is 1. The largest absolute Gasteiger partial charge is 0.475 e. The first-order valence-electron chi connectivity index (χ1n) is 6.61. The van der Waals surface area contributed by atoms with E-state index in [1.165, 1.54) is 0 Å². The van der Waals surface area contributed by atoms with Crippen LogP contribution < -0.4 is 0 Å². The lowest BCUT2D eigenvalue weighted by atomic mass is 10.0. The molecule has 1 atom stereocenters. The van der Waals surface area contributed by atoms with Crippen LogP contribution in [0.15, 0.2) is 10.5 Å². The van der Waals surface area contributed by atoms with Crippen LogP contribution in [0.1, 0.15) is 48.1 Å². The lowest BCUT2D eigenvalue weighted by Gasteiger charge is -2.14. The third kappa shape index (κ3) is 2.97. The number of furan rings is 1. The third-order valence-electron chi connectivity index (χ3n) is 3.50. The molecule has 5 heteroatoms. The Morgan fingerprint density at radius 1 is 1.58 bits per heavy atom. The number of nitrogens with zero attached hydrogens (tertiary/aromatic N) is 1. The highest BCUT2D eigenvalue weighted by molar-refractivity contribution is 5.86. The molecule has 2 heterocycles. The molecule has 1 aromatic heterocycles. The summed E-state index contributed by atoms with van der Waals surface area (Å²) in [6, 6.07) is 1.70. The van der Waals surface area contributed by atoms with Crippen LogP contribution in [-0.4, -0.2) is 28.4 Å². The average Bonchev–Trinajstić information content (AvgIpc) is 2.84. The van der Waals surface area contributed by atoms with E-state index in [0.717, 1.165) is 19.4 Å². The maximum absolute atomic E-state index is 11.9. The van der Waals surface area contributed by atoms with Gasteiger partial charge in [-0.3, -0.25) is 4.79 Å². The lowest BCUT2D eigenvalue weighted by Crippen LogP contribution is -2.24. The van der Waals surface area contributed by atoms with Crippen LogP contribution in [0.5, 0.6) is 0 Å². The molecule has 2 rings (SSSR count). The quantitative estimate of drug-likeness (QED) is 0.887. The van der Waals surface area contributed by atoms with Crippen molar-refractivity contribution in [1.82, 2.24) is 4.90 Å². The van der Waals surface area contributed by atoms with Crippen LogP contribution in [0, 0.1) is 12.8 Å². The van der Waals surface area contributed by atoms with Gasteiger partial charge in [0, 0.05) is 18.5 Å². The first-order chi connectivity index (χ1) is 9.01. The van der Waals surface area contributed by atoms with E-state index in [2.05, 4.69) is 6.92 Å². The van der Waals surface area contributed by atoms with E-state index in [0.29, 0.717) is 30.2 Å². The SMILES string of the molecule is CCCC1CC(=O)N(Cc2cc(C)c(C(=O)O)o2)C1. The summed E-state index contributed by atoms with van der Waals surface area (Å²) in [6.45, 7) is 4.92. The molecule has 1 fully saturated rings. The van der Waals surface area contributed by atoms with Crippen molar-refractivity contribution in [1.29, 1.82) is 0 Å². The third-order valence-corrected chi connectivity index (χ3v) is 3.50. The topological polar surface area (TPSA) is 70.8 Å². The van der Waals surface area contributed by atoms with Crippen LogP contribution >= 0.6 is 0 Å². The highest BCUT2D eigenvalue weighted by atomic mass is 16.4. The number of carboxylic acids is 1. The van der Waals surface area contributed by atoms with E-state index in [9.17, 15) is 9.59 Å². The van der Waals surface area contributed by atoms with Crippen molar-refractivity contribution in [2.75, 3.05) is 6.54 Å². The molecular weight excluding hydrogens is 246 g/mol. The van der Waals surface area contributed by atoms with Gasteiger partial charge in [-0.2, -0.15) is 0 Å². The van der Waals surface area contributed by atoms with Crippen molar-refractivity contribution in [2.45, 2.75) is 39.7 Å². The van der Waals surface area contributed by atoms with Gasteiger partial charge in [0.05, 0.1) is 6.54 Å². The number of amides is 1. The van der Waals surface area contributed by atoms with Crippen LogP contribution in [0.2, 0.25) is 0 Å². The number of rotatable bonds is 5. The predicted molar refractivity (Wildman–Crippen MR) is 68.8 cm³/mol. The highest BCUT2D eigenvalue weighted by Crippen LogP contribution is 2.25. The summed E-state index contributed by atoms with van der Waals surface area (Å²) in [5, 5.41) is 8.93. The van der Waals surface area contributed by atoms with Crippen molar-refractivity contribution in [3.63, 3.8) is 0 Å². The van der Waals surface area contributed by atoms with E-state index >= 15 is 0 Å². The van der Waals surface area contributed by atoms with Crippen molar-refractivity contribution in [2.24, 2.45) is 5.92 Å². The van der Waals surface area contributed by atoms with E-state index in [1.54, 1.807) is 17.9 Å².